The second-order valence-corrected chi connectivity index (χ2v) is 4.39. The van der Waals surface area contributed by atoms with Gasteiger partial charge in [-0.2, -0.15) is 5.10 Å². The minimum absolute atomic E-state index is 0.167. The number of hydrogen-bond acceptors (Lipinski definition) is 5. The normalized spacial score (nSPS) is 10.9. The molecular weight excluding hydrogens is 234 g/mol. The van der Waals surface area contributed by atoms with Gasteiger partial charge in [-0.25, -0.2) is 4.79 Å². The molecule has 0 saturated carbocycles. The van der Waals surface area contributed by atoms with E-state index >= 15 is 0 Å². The third-order valence-corrected chi connectivity index (χ3v) is 2.17. The molecule has 0 atom stereocenters. The van der Waals surface area contributed by atoms with Crippen molar-refractivity contribution in [1.29, 1.82) is 0 Å². The average Bonchev–Trinajstić information content (AvgIpc) is 2.66. The Balaban J connectivity index is 2.48. The van der Waals surface area contributed by atoms with Gasteiger partial charge in [0, 0.05) is 12.8 Å². The van der Waals surface area contributed by atoms with Gasteiger partial charge in [-0.1, -0.05) is 13.8 Å². The van der Waals surface area contributed by atoms with Gasteiger partial charge in [-0.3, -0.25) is 4.68 Å². The van der Waals surface area contributed by atoms with Crippen molar-refractivity contribution in [2.45, 2.75) is 27.3 Å². The molecule has 0 bridgehead atoms. The number of ether oxygens (including phenoxy) is 2. The number of esters is 1. The van der Waals surface area contributed by atoms with Gasteiger partial charge in [-0.15, -0.1) is 0 Å². The number of carbonyl (C=O) groups excluding carboxylic acids is 1. The van der Waals surface area contributed by atoms with Crippen molar-refractivity contribution >= 4 is 11.7 Å². The second kappa shape index (κ2) is 7.00. The van der Waals surface area contributed by atoms with Gasteiger partial charge in [0.25, 0.3) is 0 Å². The fourth-order valence-electron chi connectivity index (χ4n) is 1.39. The Hall–Kier alpha value is -1.56. The van der Waals surface area contributed by atoms with E-state index in [-0.39, 0.29) is 5.69 Å². The number of hydrogen-bond donors (Lipinski definition) is 1. The number of nitrogens with two attached hydrogens (primary N) is 1. The maximum Gasteiger partial charge on any atom is 0.361 e. The van der Waals surface area contributed by atoms with E-state index in [9.17, 15) is 4.79 Å². The van der Waals surface area contributed by atoms with E-state index in [2.05, 4.69) is 18.9 Å². The summed E-state index contributed by atoms with van der Waals surface area (Å²) in [4.78, 5) is 11.5. The molecular formula is C12H21N3O3. The number of nitrogen functional groups attached to an aromatic ring is 1. The molecule has 0 fully saturated rings. The largest absolute Gasteiger partial charge is 0.461 e. The lowest BCUT2D eigenvalue weighted by Gasteiger charge is -2.06. The van der Waals surface area contributed by atoms with Crippen LogP contribution in [0.5, 0.6) is 0 Å². The molecule has 0 aliphatic heterocycles. The fourth-order valence-corrected chi connectivity index (χ4v) is 1.39. The van der Waals surface area contributed by atoms with Crippen molar-refractivity contribution in [3.8, 4) is 0 Å². The molecule has 2 N–H and O–H groups in total. The van der Waals surface area contributed by atoms with Crippen LogP contribution < -0.4 is 5.73 Å². The summed E-state index contributed by atoms with van der Waals surface area (Å²) >= 11 is 0. The number of nitrogens with zero attached hydrogens (tertiary/aromatic N) is 2. The van der Waals surface area contributed by atoms with Crippen LogP contribution in [-0.2, 0) is 16.0 Å². The Labute approximate surface area is 107 Å². The molecule has 18 heavy (non-hydrogen) atoms. The molecule has 1 rings (SSSR count). The molecule has 0 aromatic carbocycles. The van der Waals surface area contributed by atoms with E-state index < -0.39 is 5.97 Å². The molecule has 0 unspecified atom stereocenters. The lowest BCUT2D eigenvalue weighted by molar-refractivity contribution is 0.0518. The van der Waals surface area contributed by atoms with Crippen LogP contribution in [0.2, 0.25) is 0 Å². The van der Waals surface area contributed by atoms with Gasteiger partial charge in [0.2, 0.25) is 0 Å². The van der Waals surface area contributed by atoms with Gasteiger partial charge in [0.1, 0.15) is 0 Å². The van der Waals surface area contributed by atoms with Gasteiger partial charge >= 0.3 is 5.97 Å². The van der Waals surface area contributed by atoms with Crippen molar-refractivity contribution in [2.75, 3.05) is 25.6 Å². The summed E-state index contributed by atoms with van der Waals surface area (Å²) in [7, 11) is 0. The summed E-state index contributed by atoms with van der Waals surface area (Å²) in [6, 6.07) is 0. The molecule has 0 saturated heterocycles. The molecule has 6 nitrogen and oxygen atoms in total. The Morgan fingerprint density at radius 1 is 1.56 bits per heavy atom. The smallest absolute Gasteiger partial charge is 0.361 e. The number of carbonyl (C=O) groups is 1. The molecule has 1 heterocycles. The Kier molecular flexibility index (Phi) is 5.64. The van der Waals surface area contributed by atoms with Crippen LogP contribution in [0.15, 0.2) is 6.20 Å². The van der Waals surface area contributed by atoms with Crippen molar-refractivity contribution in [1.82, 2.24) is 9.78 Å². The summed E-state index contributed by atoms with van der Waals surface area (Å²) in [5.74, 6) is 0.0135. The molecule has 0 radical (unpaired) electrons. The molecule has 102 valence electrons. The summed E-state index contributed by atoms with van der Waals surface area (Å²) in [6.07, 6.45) is 1.62. The van der Waals surface area contributed by atoms with Crippen LogP contribution >= 0.6 is 0 Å². The van der Waals surface area contributed by atoms with Gasteiger partial charge in [0.05, 0.1) is 25.4 Å². The highest BCUT2D eigenvalue weighted by Gasteiger charge is 2.15. The Bertz CT molecular complexity index is 388. The van der Waals surface area contributed by atoms with Crippen LogP contribution in [0.4, 0.5) is 5.69 Å². The highest BCUT2D eigenvalue weighted by atomic mass is 16.5. The lowest BCUT2D eigenvalue weighted by Crippen LogP contribution is -2.11. The molecule has 0 amide bonds. The van der Waals surface area contributed by atoms with Gasteiger partial charge in [-0.05, 0) is 12.8 Å². The molecule has 0 aliphatic rings. The molecule has 0 spiro atoms. The van der Waals surface area contributed by atoms with E-state index in [1.165, 1.54) is 0 Å². The van der Waals surface area contributed by atoms with Crippen molar-refractivity contribution in [3.05, 3.63) is 11.9 Å². The van der Waals surface area contributed by atoms with Crippen LogP contribution in [0.1, 0.15) is 31.3 Å². The molecule has 1 aromatic heterocycles. The summed E-state index contributed by atoms with van der Waals surface area (Å²) < 4.78 is 11.9. The summed E-state index contributed by atoms with van der Waals surface area (Å²) in [5, 5.41) is 4.08. The first-order valence-corrected chi connectivity index (χ1v) is 6.12. The van der Waals surface area contributed by atoms with E-state index in [0.29, 0.717) is 38.0 Å². The average molecular weight is 255 g/mol. The quantitative estimate of drug-likeness (QED) is 0.587. The molecule has 6 heteroatoms. The van der Waals surface area contributed by atoms with Crippen molar-refractivity contribution in [2.24, 2.45) is 5.92 Å². The van der Waals surface area contributed by atoms with Crippen LogP contribution in [0, 0.1) is 5.92 Å². The van der Waals surface area contributed by atoms with E-state index in [4.69, 9.17) is 15.2 Å². The van der Waals surface area contributed by atoms with Gasteiger partial charge < -0.3 is 15.2 Å². The van der Waals surface area contributed by atoms with Crippen LogP contribution in [0.3, 0.4) is 0 Å². The van der Waals surface area contributed by atoms with Gasteiger partial charge in [0.15, 0.2) is 5.69 Å². The predicted octanol–water partition coefficient (Wildman–Crippen LogP) is 1.31. The minimum atomic E-state index is -0.489. The second-order valence-electron chi connectivity index (χ2n) is 4.39. The zero-order valence-electron chi connectivity index (χ0n) is 11.2. The Morgan fingerprint density at radius 3 is 2.89 bits per heavy atom. The summed E-state index contributed by atoms with van der Waals surface area (Å²) in [5.41, 5.74) is 6.20. The van der Waals surface area contributed by atoms with Crippen molar-refractivity contribution < 1.29 is 14.3 Å². The topological polar surface area (TPSA) is 79.4 Å². The first-order valence-electron chi connectivity index (χ1n) is 6.12. The highest BCUT2D eigenvalue weighted by Crippen LogP contribution is 2.10. The number of anilines is 1. The van der Waals surface area contributed by atoms with E-state index in [1.807, 2.05) is 0 Å². The standard InChI is InChI=1S/C12H21N3O3/c1-4-18-12(16)11-10(13)7-15(14-11)5-6-17-8-9(2)3/h7,9H,4-6,8,13H2,1-3H3. The minimum Gasteiger partial charge on any atom is -0.461 e. The third-order valence-electron chi connectivity index (χ3n) is 2.17. The summed E-state index contributed by atoms with van der Waals surface area (Å²) in [6.45, 7) is 8.04. The maximum atomic E-state index is 11.5. The van der Waals surface area contributed by atoms with Crippen molar-refractivity contribution in [3.63, 3.8) is 0 Å². The van der Waals surface area contributed by atoms with E-state index in [0.717, 1.165) is 0 Å². The maximum absolute atomic E-state index is 11.5. The van der Waals surface area contributed by atoms with E-state index in [1.54, 1.807) is 17.8 Å². The Morgan fingerprint density at radius 2 is 2.28 bits per heavy atom. The highest BCUT2D eigenvalue weighted by molar-refractivity contribution is 5.92. The SMILES string of the molecule is CCOC(=O)c1nn(CCOCC(C)C)cc1N. The zero-order valence-corrected chi connectivity index (χ0v) is 11.2. The molecule has 0 aliphatic carbocycles. The third kappa shape index (κ3) is 4.37. The first kappa shape index (κ1) is 14.5. The van der Waals surface area contributed by atoms with Crippen LogP contribution in [-0.4, -0.2) is 35.6 Å². The lowest BCUT2D eigenvalue weighted by atomic mass is 10.2. The predicted molar refractivity (Wildman–Crippen MR) is 68.3 cm³/mol. The molecule has 1 aromatic rings. The fraction of sp³-hybridized carbons (Fsp3) is 0.667. The monoisotopic (exact) mass is 255 g/mol. The number of aromatic nitrogens is 2. The first-order chi connectivity index (χ1) is 8.54. The van der Waals surface area contributed by atoms with Crippen LogP contribution in [0.25, 0.3) is 0 Å². The zero-order chi connectivity index (χ0) is 13.5. The number of rotatable bonds is 7.